The van der Waals surface area contributed by atoms with Crippen LogP contribution in [0.2, 0.25) is 0 Å². The summed E-state index contributed by atoms with van der Waals surface area (Å²) in [4.78, 5) is 20.9. The second kappa shape index (κ2) is 7.92. The first kappa shape index (κ1) is 19.4. The summed E-state index contributed by atoms with van der Waals surface area (Å²) in [5.41, 5.74) is 3.61. The van der Waals surface area contributed by atoms with Crippen LogP contribution < -0.4 is 5.32 Å². The van der Waals surface area contributed by atoms with Crippen LogP contribution in [0.5, 0.6) is 0 Å². The number of carbonyl (C=O) groups excluding carboxylic acids is 1. The lowest BCUT2D eigenvalue weighted by Gasteiger charge is -2.13. The van der Waals surface area contributed by atoms with E-state index in [4.69, 9.17) is 5.26 Å². The van der Waals surface area contributed by atoms with Gasteiger partial charge in [-0.05, 0) is 84.6 Å². The molecular weight excluding hydrogens is 391 g/mol. The number of nitrogens with one attached hydrogen (secondary N) is 1. The number of hydrogen-bond donors (Lipinski definition) is 1. The van der Waals surface area contributed by atoms with Gasteiger partial charge in [0, 0.05) is 24.2 Å². The Labute approximate surface area is 179 Å². The van der Waals surface area contributed by atoms with Gasteiger partial charge in [0.05, 0.1) is 11.1 Å². The lowest BCUT2D eigenvalue weighted by atomic mass is 9.94. The highest BCUT2D eigenvalue weighted by molar-refractivity contribution is 5.92. The van der Waals surface area contributed by atoms with Crippen molar-refractivity contribution >= 4 is 28.2 Å². The number of rotatable bonds is 4. The monoisotopic (exact) mass is 412 g/mol. The minimum Gasteiger partial charge on any atom is -0.311 e. The number of nitrogens with zero attached hydrogens (tertiary/aromatic N) is 3. The predicted molar refractivity (Wildman–Crippen MR) is 116 cm³/mol. The molecule has 1 aromatic carbocycles. The first-order chi connectivity index (χ1) is 15.1. The number of allylic oxidation sites excluding steroid dienone is 2. The SMILES string of the molecule is N#Cc1ccc(NC(=O)CC2CC3C=C(c4ccnc5ccc(F)cc45)CC3C2)nc1. The summed E-state index contributed by atoms with van der Waals surface area (Å²) < 4.78 is 13.8. The molecule has 5 rings (SSSR count). The molecule has 1 N–H and O–H groups in total. The average Bonchev–Trinajstić information content (AvgIpc) is 3.32. The van der Waals surface area contributed by atoms with Crippen LogP contribution in [0.15, 0.2) is 54.9 Å². The second-order valence-electron chi connectivity index (χ2n) is 8.47. The van der Waals surface area contributed by atoms with E-state index in [1.165, 1.54) is 17.8 Å². The van der Waals surface area contributed by atoms with Crippen molar-refractivity contribution in [3.63, 3.8) is 0 Å². The van der Waals surface area contributed by atoms with Crippen LogP contribution in [0.3, 0.4) is 0 Å². The third-order valence-corrected chi connectivity index (χ3v) is 6.43. The Balaban J connectivity index is 1.24. The number of nitriles is 1. The largest absolute Gasteiger partial charge is 0.311 e. The van der Waals surface area contributed by atoms with Gasteiger partial charge in [0.15, 0.2) is 0 Å². The van der Waals surface area contributed by atoms with E-state index in [1.807, 2.05) is 12.1 Å². The van der Waals surface area contributed by atoms with Gasteiger partial charge in [-0.1, -0.05) is 6.08 Å². The van der Waals surface area contributed by atoms with Crippen molar-refractivity contribution in [1.29, 1.82) is 5.26 Å². The summed E-state index contributed by atoms with van der Waals surface area (Å²) in [6, 6.07) is 12.0. The van der Waals surface area contributed by atoms with Crippen molar-refractivity contribution in [2.24, 2.45) is 17.8 Å². The highest BCUT2D eigenvalue weighted by atomic mass is 19.1. The van der Waals surface area contributed by atoms with E-state index < -0.39 is 0 Å². The van der Waals surface area contributed by atoms with E-state index in [9.17, 15) is 9.18 Å². The number of fused-ring (bicyclic) bond motifs is 2. The Morgan fingerprint density at radius 1 is 1.19 bits per heavy atom. The fraction of sp³-hybridized carbons (Fsp3) is 0.280. The van der Waals surface area contributed by atoms with E-state index in [1.54, 1.807) is 30.5 Å². The zero-order valence-electron chi connectivity index (χ0n) is 16.9. The molecule has 3 aromatic rings. The van der Waals surface area contributed by atoms with E-state index >= 15 is 0 Å². The number of halogens is 1. The number of anilines is 1. The Morgan fingerprint density at radius 3 is 2.87 bits per heavy atom. The van der Waals surface area contributed by atoms with Crippen molar-refractivity contribution < 1.29 is 9.18 Å². The molecule has 6 heteroatoms. The molecule has 2 aliphatic rings. The molecule has 1 amide bonds. The van der Waals surface area contributed by atoms with E-state index in [-0.39, 0.29) is 11.7 Å². The summed E-state index contributed by atoms with van der Waals surface area (Å²) in [6.07, 6.45) is 8.99. The molecule has 0 radical (unpaired) electrons. The predicted octanol–water partition coefficient (Wildman–Crippen LogP) is 5.10. The fourth-order valence-electron chi connectivity index (χ4n) is 5.08. The number of hydrogen-bond acceptors (Lipinski definition) is 4. The van der Waals surface area contributed by atoms with Gasteiger partial charge in [0.1, 0.15) is 17.7 Å². The molecule has 0 saturated heterocycles. The molecule has 154 valence electrons. The van der Waals surface area contributed by atoms with Crippen molar-refractivity contribution in [2.75, 3.05) is 5.32 Å². The third-order valence-electron chi connectivity index (χ3n) is 6.43. The lowest BCUT2D eigenvalue weighted by Crippen LogP contribution is -2.16. The standard InChI is InChI=1S/C25H21FN4O/c26-20-2-3-23-22(12-20)21(5-6-28-23)19-10-17-7-16(8-18(17)11-19)9-25(31)30-24-4-1-15(13-27)14-29-24/h1-6,10,12,14,16-18H,7-9,11H2,(H,29,30,31). The highest BCUT2D eigenvalue weighted by Crippen LogP contribution is 2.49. The van der Waals surface area contributed by atoms with Crippen molar-refractivity contribution in [3.8, 4) is 6.07 Å². The summed E-state index contributed by atoms with van der Waals surface area (Å²) >= 11 is 0. The molecule has 0 bridgehead atoms. The fourth-order valence-corrected chi connectivity index (χ4v) is 5.08. The Morgan fingerprint density at radius 2 is 2.10 bits per heavy atom. The molecule has 5 nitrogen and oxygen atoms in total. The molecule has 1 saturated carbocycles. The smallest absolute Gasteiger partial charge is 0.225 e. The number of aromatic nitrogens is 2. The Hall–Kier alpha value is -3.59. The zero-order valence-corrected chi connectivity index (χ0v) is 16.9. The van der Waals surface area contributed by atoms with Crippen LogP contribution in [0.4, 0.5) is 10.2 Å². The molecule has 3 atom stereocenters. The lowest BCUT2D eigenvalue weighted by molar-refractivity contribution is -0.117. The minimum absolute atomic E-state index is 0.0398. The molecule has 2 heterocycles. The van der Waals surface area contributed by atoms with Crippen LogP contribution in [0.25, 0.3) is 16.5 Å². The highest BCUT2D eigenvalue weighted by Gasteiger charge is 2.38. The van der Waals surface area contributed by atoms with Gasteiger partial charge in [-0.15, -0.1) is 0 Å². The van der Waals surface area contributed by atoms with Crippen LogP contribution in [-0.4, -0.2) is 15.9 Å². The Kier molecular flexibility index (Phi) is 4.95. The van der Waals surface area contributed by atoms with Crippen molar-refractivity contribution in [1.82, 2.24) is 9.97 Å². The van der Waals surface area contributed by atoms with Gasteiger partial charge in [0.25, 0.3) is 0 Å². The van der Waals surface area contributed by atoms with E-state index in [0.29, 0.717) is 35.6 Å². The van der Waals surface area contributed by atoms with Crippen molar-refractivity contribution in [3.05, 3.63) is 71.8 Å². The van der Waals surface area contributed by atoms with Crippen molar-refractivity contribution in [2.45, 2.75) is 25.7 Å². The number of carbonyl (C=O) groups is 1. The van der Waals surface area contributed by atoms with Crippen LogP contribution in [-0.2, 0) is 4.79 Å². The summed E-state index contributed by atoms with van der Waals surface area (Å²) in [5, 5.41) is 12.5. The average molecular weight is 412 g/mol. The summed E-state index contributed by atoms with van der Waals surface area (Å²) in [6.45, 7) is 0. The molecule has 3 unspecified atom stereocenters. The maximum atomic E-state index is 13.8. The number of benzene rings is 1. The third kappa shape index (κ3) is 3.91. The van der Waals surface area contributed by atoms with Gasteiger partial charge < -0.3 is 5.32 Å². The minimum atomic E-state index is -0.247. The maximum Gasteiger partial charge on any atom is 0.225 e. The van der Waals surface area contributed by atoms with E-state index in [0.717, 1.165) is 35.7 Å². The van der Waals surface area contributed by atoms with Gasteiger partial charge in [-0.3, -0.25) is 9.78 Å². The van der Waals surface area contributed by atoms with E-state index in [2.05, 4.69) is 21.4 Å². The maximum absolute atomic E-state index is 13.8. The number of amides is 1. The first-order valence-electron chi connectivity index (χ1n) is 10.5. The molecule has 2 aliphatic carbocycles. The Bertz CT molecular complexity index is 1230. The molecular formula is C25H21FN4O. The second-order valence-corrected chi connectivity index (χ2v) is 8.47. The first-order valence-corrected chi connectivity index (χ1v) is 10.5. The van der Waals surface area contributed by atoms with Gasteiger partial charge in [-0.25, -0.2) is 9.37 Å². The molecule has 1 fully saturated rings. The molecule has 0 spiro atoms. The number of pyridine rings is 2. The molecule has 31 heavy (non-hydrogen) atoms. The normalized spacial score (nSPS) is 22.1. The summed E-state index contributed by atoms with van der Waals surface area (Å²) in [7, 11) is 0. The topological polar surface area (TPSA) is 78.7 Å². The van der Waals surface area contributed by atoms with Gasteiger partial charge >= 0.3 is 0 Å². The van der Waals surface area contributed by atoms with Crippen LogP contribution in [0, 0.1) is 34.9 Å². The quantitative estimate of drug-likeness (QED) is 0.647. The van der Waals surface area contributed by atoms with Crippen LogP contribution in [0.1, 0.15) is 36.8 Å². The molecule has 2 aromatic heterocycles. The van der Waals surface area contributed by atoms with Gasteiger partial charge in [-0.2, -0.15) is 5.26 Å². The summed E-state index contributed by atoms with van der Waals surface area (Å²) in [5.74, 6) is 1.51. The van der Waals surface area contributed by atoms with Crippen LogP contribution >= 0.6 is 0 Å². The zero-order chi connectivity index (χ0) is 21.4. The van der Waals surface area contributed by atoms with Gasteiger partial charge in [0.2, 0.25) is 5.91 Å². The molecule has 0 aliphatic heterocycles.